The highest BCUT2D eigenvalue weighted by atomic mass is 16.5. The second-order valence-electron chi connectivity index (χ2n) is 5.54. The Balaban J connectivity index is 1.65. The van der Waals surface area contributed by atoms with Gasteiger partial charge in [-0.1, -0.05) is 30.3 Å². The van der Waals surface area contributed by atoms with Gasteiger partial charge in [0.15, 0.2) is 0 Å². The summed E-state index contributed by atoms with van der Waals surface area (Å²) >= 11 is 0. The Hall–Kier alpha value is -2.47. The topological polar surface area (TPSA) is 45.0 Å². The monoisotopic (exact) mass is 278 g/mol. The lowest BCUT2D eigenvalue weighted by molar-refractivity contribution is 0.289. The van der Waals surface area contributed by atoms with Gasteiger partial charge in [0.1, 0.15) is 5.75 Å². The van der Waals surface area contributed by atoms with Gasteiger partial charge in [-0.05, 0) is 42.7 Å². The zero-order valence-corrected chi connectivity index (χ0v) is 12.0. The molecule has 106 valence electrons. The first-order valence-electron chi connectivity index (χ1n) is 7.13. The number of hydrogen-bond acceptors (Lipinski definition) is 3. The van der Waals surface area contributed by atoms with Crippen molar-refractivity contribution in [2.45, 2.75) is 24.3 Å². The maximum Gasteiger partial charge on any atom is 0.119 e. The van der Waals surface area contributed by atoms with Gasteiger partial charge in [0.2, 0.25) is 0 Å². The zero-order valence-electron chi connectivity index (χ0n) is 12.0. The molecule has 1 fully saturated rings. The number of hydrogen-bond donors (Lipinski definition) is 1. The normalized spacial score (nSPS) is 23.7. The Morgan fingerprint density at radius 1 is 1.10 bits per heavy atom. The number of nitriles is 1. The highest BCUT2D eigenvalue weighted by molar-refractivity contribution is 5.49. The lowest BCUT2D eigenvalue weighted by Gasteiger charge is -2.43. The maximum absolute atomic E-state index is 9.55. The van der Waals surface area contributed by atoms with Crippen LogP contribution in [0.2, 0.25) is 0 Å². The van der Waals surface area contributed by atoms with Crippen LogP contribution in [0.5, 0.6) is 5.75 Å². The quantitative estimate of drug-likeness (QED) is 0.926. The Morgan fingerprint density at radius 3 is 2.33 bits per heavy atom. The van der Waals surface area contributed by atoms with Crippen LogP contribution in [-0.2, 0) is 5.41 Å². The summed E-state index contributed by atoms with van der Waals surface area (Å²) in [6.07, 6.45) is 1.69. The average Bonchev–Trinajstić information content (AvgIpc) is 2.52. The van der Waals surface area contributed by atoms with Gasteiger partial charge in [-0.2, -0.15) is 5.26 Å². The molecule has 0 bridgehead atoms. The molecule has 3 heteroatoms. The van der Waals surface area contributed by atoms with Crippen molar-refractivity contribution in [2.75, 3.05) is 12.4 Å². The Kier molecular flexibility index (Phi) is 3.53. The van der Waals surface area contributed by atoms with Crippen molar-refractivity contribution in [2.24, 2.45) is 0 Å². The molecule has 0 unspecified atom stereocenters. The summed E-state index contributed by atoms with van der Waals surface area (Å²) in [4.78, 5) is 0. The fourth-order valence-electron chi connectivity index (χ4n) is 2.96. The van der Waals surface area contributed by atoms with Gasteiger partial charge in [0.05, 0.1) is 18.6 Å². The molecule has 0 heterocycles. The van der Waals surface area contributed by atoms with E-state index in [-0.39, 0.29) is 5.41 Å². The first-order valence-corrected chi connectivity index (χ1v) is 7.13. The van der Waals surface area contributed by atoms with Crippen molar-refractivity contribution in [3.05, 3.63) is 60.2 Å². The standard InChI is InChI=1S/C18H18N2O/c1-21-17-9-7-15(8-10-17)20-16-11-18(12-16,13-19)14-5-3-2-4-6-14/h2-10,16,20H,11-12H2,1H3. The van der Waals surface area contributed by atoms with E-state index >= 15 is 0 Å². The molecule has 1 N–H and O–H groups in total. The van der Waals surface area contributed by atoms with Crippen LogP contribution < -0.4 is 10.1 Å². The fourth-order valence-corrected chi connectivity index (χ4v) is 2.96. The third kappa shape index (κ3) is 2.57. The van der Waals surface area contributed by atoms with Crippen molar-refractivity contribution in [1.29, 1.82) is 5.26 Å². The molecule has 0 spiro atoms. The van der Waals surface area contributed by atoms with E-state index in [1.807, 2.05) is 54.6 Å². The molecular formula is C18H18N2O. The molecule has 1 aliphatic carbocycles. The van der Waals surface area contributed by atoms with Crippen LogP contribution in [-0.4, -0.2) is 13.2 Å². The summed E-state index contributed by atoms with van der Waals surface area (Å²) < 4.78 is 5.15. The maximum atomic E-state index is 9.55. The Morgan fingerprint density at radius 2 is 1.76 bits per heavy atom. The number of nitrogens with one attached hydrogen (secondary N) is 1. The first-order chi connectivity index (χ1) is 10.3. The second kappa shape index (κ2) is 5.49. The van der Waals surface area contributed by atoms with E-state index in [1.165, 1.54) is 0 Å². The van der Waals surface area contributed by atoms with Gasteiger partial charge in [-0.3, -0.25) is 0 Å². The van der Waals surface area contributed by atoms with E-state index in [0.717, 1.165) is 29.8 Å². The van der Waals surface area contributed by atoms with Crippen molar-refractivity contribution >= 4 is 5.69 Å². The molecule has 0 radical (unpaired) electrons. The highest BCUT2D eigenvalue weighted by Crippen LogP contribution is 2.44. The number of rotatable bonds is 4. The lowest BCUT2D eigenvalue weighted by atomic mass is 9.62. The lowest BCUT2D eigenvalue weighted by Crippen LogP contribution is -2.47. The molecule has 0 amide bonds. The number of anilines is 1. The van der Waals surface area contributed by atoms with Crippen molar-refractivity contribution in [1.82, 2.24) is 0 Å². The van der Waals surface area contributed by atoms with Crippen LogP contribution in [0, 0.1) is 11.3 Å². The number of methoxy groups -OCH3 is 1. The number of benzene rings is 2. The number of nitrogens with zero attached hydrogens (tertiary/aromatic N) is 1. The molecule has 3 nitrogen and oxygen atoms in total. The van der Waals surface area contributed by atoms with Gasteiger partial charge in [0.25, 0.3) is 0 Å². The highest BCUT2D eigenvalue weighted by Gasteiger charge is 2.46. The molecule has 21 heavy (non-hydrogen) atoms. The molecule has 2 aromatic rings. The second-order valence-corrected chi connectivity index (χ2v) is 5.54. The minimum absolute atomic E-state index is 0.328. The van der Waals surface area contributed by atoms with E-state index in [2.05, 4.69) is 11.4 Å². The fraction of sp³-hybridized carbons (Fsp3) is 0.278. The summed E-state index contributed by atoms with van der Waals surface area (Å²) in [6, 6.07) is 20.8. The predicted octanol–water partition coefficient (Wildman–Crippen LogP) is 3.73. The molecule has 0 aliphatic heterocycles. The van der Waals surface area contributed by atoms with Crippen LogP contribution in [0.4, 0.5) is 5.69 Å². The van der Waals surface area contributed by atoms with Gasteiger partial charge < -0.3 is 10.1 Å². The van der Waals surface area contributed by atoms with Gasteiger partial charge in [-0.25, -0.2) is 0 Å². The smallest absolute Gasteiger partial charge is 0.119 e. The summed E-state index contributed by atoms with van der Waals surface area (Å²) in [5, 5.41) is 13.0. The van der Waals surface area contributed by atoms with E-state index in [9.17, 15) is 5.26 Å². The molecule has 1 aliphatic rings. The minimum Gasteiger partial charge on any atom is -0.497 e. The van der Waals surface area contributed by atoms with Crippen molar-refractivity contribution in [3.8, 4) is 11.8 Å². The third-order valence-electron chi connectivity index (χ3n) is 4.19. The van der Waals surface area contributed by atoms with Crippen LogP contribution >= 0.6 is 0 Å². The van der Waals surface area contributed by atoms with Gasteiger partial charge in [-0.15, -0.1) is 0 Å². The molecule has 0 aromatic heterocycles. The summed E-state index contributed by atoms with van der Waals surface area (Å²) in [7, 11) is 1.66. The van der Waals surface area contributed by atoms with E-state index in [4.69, 9.17) is 4.74 Å². The van der Waals surface area contributed by atoms with Gasteiger partial charge >= 0.3 is 0 Å². The molecule has 0 atom stereocenters. The molecule has 1 saturated carbocycles. The van der Waals surface area contributed by atoms with Crippen LogP contribution in [0.3, 0.4) is 0 Å². The molecule has 2 aromatic carbocycles. The first kappa shape index (κ1) is 13.5. The SMILES string of the molecule is COc1ccc(NC2CC(C#N)(c3ccccc3)C2)cc1. The summed E-state index contributed by atoms with van der Waals surface area (Å²) in [6.45, 7) is 0. The Labute approximate surface area is 125 Å². The average molecular weight is 278 g/mol. The molecule has 0 saturated heterocycles. The van der Waals surface area contributed by atoms with Crippen molar-refractivity contribution < 1.29 is 4.74 Å². The number of ether oxygens (including phenoxy) is 1. The minimum atomic E-state index is -0.328. The Bertz CT molecular complexity index is 637. The van der Waals surface area contributed by atoms with E-state index in [0.29, 0.717) is 6.04 Å². The van der Waals surface area contributed by atoms with E-state index < -0.39 is 0 Å². The van der Waals surface area contributed by atoms with Crippen LogP contribution in [0.1, 0.15) is 18.4 Å². The summed E-state index contributed by atoms with van der Waals surface area (Å²) in [5.41, 5.74) is 1.87. The zero-order chi connectivity index (χ0) is 14.7. The van der Waals surface area contributed by atoms with Gasteiger partial charge in [0, 0.05) is 11.7 Å². The molecular weight excluding hydrogens is 260 g/mol. The predicted molar refractivity (Wildman–Crippen MR) is 83.4 cm³/mol. The largest absolute Gasteiger partial charge is 0.497 e. The van der Waals surface area contributed by atoms with E-state index in [1.54, 1.807) is 7.11 Å². The third-order valence-corrected chi connectivity index (χ3v) is 4.19. The van der Waals surface area contributed by atoms with Crippen LogP contribution in [0.15, 0.2) is 54.6 Å². The molecule has 3 rings (SSSR count). The van der Waals surface area contributed by atoms with Crippen molar-refractivity contribution in [3.63, 3.8) is 0 Å². The van der Waals surface area contributed by atoms with Crippen LogP contribution in [0.25, 0.3) is 0 Å². The summed E-state index contributed by atoms with van der Waals surface area (Å²) in [5.74, 6) is 0.852.